The first kappa shape index (κ1) is 17.7. The van der Waals surface area contributed by atoms with E-state index in [1.807, 2.05) is 0 Å². The van der Waals surface area contributed by atoms with E-state index in [2.05, 4.69) is 10.5 Å². The zero-order valence-electron chi connectivity index (χ0n) is 12.9. The van der Waals surface area contributed by atoms with E-state index in [-0.39, 0.29) is 11.5 Å². The summed E-state index contributed by atoms with van der Waals surface area (Å²) in [6, 6.07) is 10.5. The van der Waals surface area contributed by atoms with Gasteiger partial charge in [-0.15, -0.1) is 0 Å². The van der Waals surface area contributed by atoms with Crippen LogP contribution in [0.5, 0.6) is 11.5 Å². The third kappa shape index (κ3) is 5.19. The predicted molar refractivity (Wildman–Crippen MR) is 90.2 cm³/mol. The Morgan fingerprint density at radius 2 is 1.80 bits per heavy atom. The summed E-state index contributed by atoms with van der Waals surface area (Å²) < 4.78 is 0. The van der Waals surface area contributed by atoms with Crippen molar-refractivity contribution in [1.82, 2.24) is 10.9 Å². The molecule has 2 aromatic rings. The van der Waals surface area contributed by atoms with Crippen LogP contribution in [-0.4, -0.2) is 33.4 Å². The number of aromatic hydroxyl groups is 2. The molecule has 2 amide bonds. The fraction of sp³-hybridized carbons (Fsp3) is 0. The fourth-order valence-electron chi connectivity index (χ4n) is 1.84. The average Bonchev–Trinajstić information content (AvgIpc) is 2.62. The molecule has 0 saturated heterocycles. The molecule has 2 rings (SSSR count). The molecule has 0 aliphatic rings. The first-order valence-corrected chi connectivity index (χ1v) is 7.07. The molecule has 8 nitrogen and oxygen atoms in total. The Labute approximate surface area is 142 Å². The summed E-state index contributed by atoms with van der Waals surface area (Å²) in [7, 11) is 0. The molecule has 0 heterocycles. The number of hydrazone groups is 1. The maximum Gasteiger partial charge on any atom is 0.271 e. The standard InChI is InChI=1S/C17H15N3O5/c21-14-6-4-12(9-15(14)22)10-18-19-17(24)13-3-1-2-11(8-13)5-7-16(23)20-25/h1-10,21-22,25H,(H,19,24)(H,20,23). The molecule has 0 unspecified atom stereocenters. The van der Waals surface area contributed by atoms with Crippen molar-refractivity contribution in [1.29, 1.82) is 0 Å². The number of hydroxylamine groups is 1. The van der Waals surface area contributed by atoms with Gasteiger partial charge in [0.25, 0.3) is 11.8 Å². The maximum absolute atomic E-state index is 12.0. The lowest BCUT2D eigenvalue weighted by Crippen LogP contribution is -2.17. The van der Waals surface area contributed by atoms with Gasteiger partial charge in [-0.2, -0.15) is 5.10 Å². The van der Waals surface area contributed by atoms with Gasteiger partial charge in [-0.05, 0) is 47.5 Å². The van der Waals surface area contributed by atoms with Gasteiger partial charge in [0.15, 0.2) is 11.5 Å². The van der Waals surface area contributed by atoms with Crippen molar-refractivity contribution < 1.29 is 25.0 Å². The fourth-order valence-corrected chi connectivity index (χ4v) is 1.84. The third-order valence-corrected chi connectivity index (χ3v) is 3.07. The summed E-state index contributed by atoms with van der Waals surface area (Å²) in [6.07, 6.45) is 3.86. The molecule has 0 atom stereocenters. The van der Waals surface area contributed by atoms with Crippen LogP contribution in [0.2, 0.25) is 0 Å². The van der Waals surface area contributed by atoms with Gasteiger partial charge in [-0.3, -0.25) is 14.8 Å². The van der Waals surface area contributed by atoms with Crippen LogP contribution in [0.4, 0.5) is 0 Å². The van der Waals surface area contributed by atoms with E-state index < -0.39 is 11.8 Å². The second-order valence-electron chi connectivity index (χ2n) is 4.88. The number of hydrogen-bond acceptors (Lipinski definition) is 6. The maximum atomic E-state index is 12.0. The molecular formula is C17H15N3O5. The van der Waals surface area contributed by atoms with Crippen molar-refractivity contribution in [3.05, 3.63) is 65.2 Å². The molecule has 0 aliphatic carbocycles. The minimum atomic E-state index is -0.684. The van der Waals surface area contributed by atoms with Crippen molar-refractivity contribution >= 4 is 24.1 Å². The highest BCUT2D eigenvalue weighted by molar-refractivity contribution is 5.96. The largest absolute Gasteiger partial charge is 0.504 e. The molecule has 0 spiro atoms. The highest BCUT2D eigenvalue weighted by Crippen LogP contribution is 2.23. The van der Waals surface area contributed by atoms with Crippen LogP contribution in [0, 0.1) is 0 Å². The van der Waals surface area contributed by atoms with Gasteiger partial charge >= 0.3 is 0 Å². The summed E-state index contributed by atoms with van der Waals surface area (Å²) in [5.74, 6) is -1.69. The normalized spacial score (nSPS) is 10.9. The van der Waals surface area contributed by atoms with Gasteiger partial charge in [0.1, 0.15) is 0 Å². The molecule has 8 heteroatoms. The number of hydrogen-bond donors (Lipinski definition) is 5. The lowest BCUT2D eigenvalue weighted by Gasteiger charge is -2.02. The van der Waals surface area contributed by atoms with Gasteiger partial charge < -0.3 is 10.2 Å². The third-order valence-electron chi connectivity index (χ3n) is 3.07. The number of phenols is 2. The Bertz CT molecular complexity index is 846. The van der Waals surface area contributed by atoms with E-state index in [1.54, 1.807) is 24.3 Å². The molecule has 5 N–H and O–H groups in total. The van der Waals surface area contributed by atoms with Crippen LogP contribution in [0.25, 0.3) is 6.08 Å². The van der Waals surface area contributed by atoms with Crippen molar-refractivity contribution in [2.75, 3.05) is 0 Å². The van der Waals surface area contributed by atoms with Crippen LogP contribution < -0.4 is 10.9 Å². The molecule has 0 radical (unpaired) electrons. The summed E-state index contributed by atoms with van der Waals surface area (Å²) in [5.41, 5.74) is 5.19. The minimum Gasteiger partial charge on any atom is -0.504 e. The van der Waals surface area contributed by atoms with Crippen LogP contribution >= 0.6 is 0 Å². The second kappa shape index (κ2) is 8.27. The zero-order chi connectivity index (χ0) is 18.2. The molecular weight excluding hydrogens is 326 g/mol. The highest BCUT2D eigenvalue weighted by Gasteiger charge is 2.04. The minimum absolute atomic E-state index is 0.249. The lowest BCUT2D eigenvalue weighted by atomic mass is 10.1. The van der Waals surface area contributed by atoms with Crippen molar-refractivity contribution in [2.24, 2.45) is 5.10 Å². The predicted octanol–water partition coefficient (Wildman–Crippen LogP) is 1.38. The zero-order valence-corrected chi connectivity index (χ0v) is 12.9. The number of rotatable bonds is 5. The van der Waals surface area contributed by atoms with Crippen LogP contribution in [0.1, 0.15) is 21.5 Å². The van der Waals surface area contributed by atoms with E-state index in [9.17, 15) is 19.8 Å². The first-order chi connectivity index (χ1) is 12.0. The molecule has 128 valence electrons. The smallest absolute Gasteiger partial charge is 0.271 e. The molecule has 0 fully saturated rings. The lowest BCUT2D eigenvalue weighted by molar-refractivity contribution is -0.124. The van der Waals surface area contributed by atoms with Gasteiger partial charge in [-0.1, -0.05) is 12.1 Å². The molecule has 0 bridgehead atoms. The molecule has 0 aliphatic heterocycles. The SMILES string of the molecule is O=C(C=Cc1cccc(C(=O)NN=Cc2ccc(O)c(O)c2)c1)NO. The average molecular weight is 341 g/mol. The van der Waals surface area contributed by atoms with E-state index in [0.29, 0.717) is 16.7 Å². The number of carbonyl (C=O) groups excluding carboxylic acids is 2. The quantitative estimate of drug-likeness (QED) is 0.184. The monoisotopic (exact) mass is 341 g/mol. The molecule has 0 saturated carbocycles. The molecule has 0 aromatic heterocycles. The van der Waals surface area contributed by atoms with E-state index >= 15 is 0 Å². The van der Waals surface area contributed by atoms with E-state index in [4.69, 9.17) is 5.21 Å². The number of nitrogens with zero attached hydrogens (tertiary/aromatic N) is 1. The summed E-state index contributed by atoms with van der Waals surface area (Å²) >= 11 is 0. The van der Waals surface area contributed by atoms with Crippen molar-refractivity contribution in [3.63, 3.8) is 0 Å². The summed E-state index contributed by atoms with van der Waals surface area (Å²) in [4.78, 5) is 23.0. The number of amides is 2. The van der Waals surface area contributed by atoms with Crippen LogP contribution in [0.3, 0.4) is 0 Å². The summed E-state index contributed by atoms with van der Waals surface area (Å²) in [6.45, 7) is 0. The summed E-state index contributed by atoms with van der Waals surface area (Å²) in [5, 5.41) is 30.8. The van der Waals surface area contributed by atoms with Gasteiger partial charge in [0.2, 0.25) is 0 Å². The molecule has 25 heavy (non-hydrogen) atoms. The Hall–Kier alpha value is -3.65. The number of carbonyl (C=O) groups is 2. The van der Waals surface area contributed by atoms with Gasteiger partial charge in [0, 0.05) is 11.6 Å². The Balaban J connectivity index is 2.03. The van der Waals surface area contributed by atoms with Crippen LogP contribution in [-0.2, 0) is 4.79 Å². The Morgan fingerprint density at radius 1 is 1.00 bits per heavy atom. The molecule has 2 aromatic carbocycles. The first-order valence-electron chi connectivity index (χ1n) is 7.07. The topological polar surface area (TPSA) is 131 Å². The Kier molecular flexibility index (Phi) is 5.86. The number of phenolic OH excluding ortho intramolecular Hbond substituents is 2. The highest BCUT2D eigenvalue weighted by atomic mass is 16.5. The van der Waals surface area contributed by atoms with E-state index in [0.717, 1.165) is 6.08 Å². The van der Waals surface area contributed by atoms with Crippen molar-refractivity contribution in [2.45, 2.75) is 0 Å². The van der Waals surface area contributed by atoms with Gasteiger partial charge in [0.05, 0.1) is 6.21 Å². The second-order valence-corrected chi connectivity index (χ2v) is 4.88. The van der Waals surface area contributed by atoms with Crippen molar-refractivity contribution in [3.8, 4) is 11.5 Å². The van der Waals surface area contributed by atoms with Crippen LogP contribution in [0.15, 0.2) is 53.6 Å². The van der Waals surface area contributed by atoms with Gasteiger partial charge in [-0.25, -0.2) is 10.9 Å². The Morgan fingerprint density at radius 3 is 2.52 bits per heavy atom. The number of nitrogens with one attached hydrogen (secondary N) is 2. The number of benzene rings is 2. The van der Waals surface area contributed by atoms with E-state index in [1.165, 1.54) is 36.0 Å².